The van der Waals surface area contributed by atoms with Gasteiger partial charge in [0.2, 0.25) is 5.91 Å². The van der Waals surface area contributed by atoms with E-state index in [4.69, 9.17) is 0 Å². The number of nitrogens with zero attached hydrogens (tertiary/aromatic N) is 4. The van der Waals surface area contributed by atoms with Crippen LogP contribution in [0.25, 0.3) is 0 Å². The Bertz CT molecular complexity index is 672. The molecule has 10 nitrogen and oxygen atoms in total. The molecular formula is C16H26N6O4. The second-order valence-electron chi connectivity index (χ2n) is 6.38. The number of hydrogen-bond donors (Lipinski definition) is 2. The number of aryl methyl sites for hydroxylation is 1. The number of urea groups is 1. The fourth-order valence-electron chi connectivity index (χ4n) is 2.69. The molecule has 26 heavy (non-hydrogen) atoms. The number of carbonyl (C=O) groups is 3. The smallest absolute Gasteiger partial charge is 0.407 e. The summed E-state index contributed by atoms with van der Waals surface area (Å²) in [4.78, 5) is 38.7. The SMILES string of the molecule is COC(=O)N[C@H](C)C(=O)NCc1cc2n(n1)CCCN(C(=O)N(C)C)C2. The molecule has 4 amide bonds. The predicted octanol–water partition coefficient (Wildman–Crippen LogP) is 0.131. The topological polar surface area (TPSA) is 109 Å². The summed E-state index contributed by atoms with van der Waals surface area (Å²) in [5.74, 6) is -0.331. The van der Waals surface area contributed by atoms with Gasteiger partial charge < -0.3 is 25.2 Å². The van der Waals surface area contributed by atoms with Crippen molar-refractivity contribution in [2.24, 2.45) is 0 Å². The minimum absolute atomic E-state index is 0.0304. The normalized spacial score (nSPS) is 14.7. The van der Waals surface area contributed by atoms with E-state index < -0.39 is 12.1 Å². The Morgan fingerprint density at radius 1 is 1.35 bits per heavy atom. The lowest BCUT2D eigenvalue weighted by Crippen LogP contribution is -2.44. The molecule has 1 aromatic heterocycles. The molecule has 0 unspecified atom stereocenters. The van der Waals surface area contributed by atoms with E-state index in [0.29, 0.717) is 18.8 Å². The molecule has 0 saturated carbocycles. The molecule has 1 aromatic rings. The Balaban J connectivity index is 1.95. The van der Waals surface area contributed by atoms with Gasteiger partial charge in [0.25, 0.3) is 0 Å². The van der Waals surface area contributed by atoms with Crippen molar-refractivity contribution in [3.63, 3.8) is 0 Å². The molecule has 1 aliphatic rings. The number of ether oxygens (including phenoxy) is 1. The first-order valence-corrected chi connectivity index (χ1v) is 8.45. The van der Waals surface area contributed by atoms with E-state index in [-0.39, 0.29) is 18.5 Å². The third-order valence-electron chi connectivity index (χ3n) is 4.07. The zero-order chi connectivity index (χ0) is 19.3. The van der Waals surface area contributed by atoms with E-state index in [1.165, 1.54) is 7.11 Å². The molecule has 10 heteroatoms. The number of hydrogen-bond acceptors (Lipinski definition) is 5. The van der Waals surface area contributed by atoms with E-state index in [9.17, 15) is 14.4 Å². The summed E-state index contributed by atoms with van der Waals surface area (Å²) < 4.78 is 6.34. The van der Waals surface area contributed by atoms with E-state index >= 15 is 0 Å². The second-order valence-corrected chi connectivity index (χ2v) is 6.38. The first-order chi connectivity index (χ1) is 12.3. The Hall–Kier alpha value is -2.78. The lowest BCUT2D eigenvalue weighted by Gasteiger charge is -2.23. The Kier molecular flexibility index (Phi) is 6.42. The van der Waals surface area contributed by atoms with Gasteiger partial charge in [-0.3, -0.25) is 9.48 Å². The molecule has 2 rings (SSSR count). The summed E-state index contributed by atoms with van der Waals surface area (Å²) >= 11 is 0. The average molecular weight is 366 g/mol. The van der Waals surface area contributed by atoms with Crippen LogP contribution in [0.5, 0.6) is 0 Å². The van der Waals surface area contributed by atoms with Crippen LogP contribution in [-0.2, 0) is 29.2 Å². The highest BCUT2D eigenvalue weighted by atomic mass is 16.5. The molecule has 0 bridgehead atoms. The summed E-state index contributed by atoms with van der Waals surface area (Å²) in [6.07, 6.45) is 0.159. The van der Waals surface area contributed by atoms with E-state index in [1.54, 1.807) is 30.8 Å². The molecule has 2 heterocycles. The number of fused-ring (bicyclic) bond motifs is 1. The number of alkyl carbamates (subject to hydrolysis) is 1. The molecule has 0 aliphatic carbocycles. The van der Waals surface area contributed by atoms with Gasteiger partial charge >= 0.3 is 12.1 Å². The Morgan fingerprint density at radius 2 is 2.08 bits per heavy atom. The molecule has 0 aromatic carbocycles. The third kappa shape index (κ3) is 4.87. The van der Waals surface area contributed by atoms with Crippen molar-refractivity contribution in [3.8, 4) is 0 Å². The van der Waals surface area contributed by atoms with Gasteiger partial charge in [0.15, 0.2) is 0 Å². The van der Waals surface area contributed by atoms with Crippen LogP contribution in [0.1, 0.15) is 24.7 Å². The van der Waals surface area contributed by atoms with Crippen molar-refractivity contribution in [3.05, 3.63) is 17.5 Å². The fourth-order valence-corrected chi connectivity index (χ4v) is 2.69. The molecule has 2 N–H and O–H groups in total. The number of nitrogens with one attached hydrogen (secondary N) is 2. The van der Waals surface area contributed by atoms with Crippen molar-refractivity contribution in [1.29, 1.82) is 0 Å². The van der Waals surface area contributed by atoms with Crippen LogP contribution >= 0.6 is 0 Å². The highest BCUT2D eigenvalue weighted by Gasteiger charge is 2.22. The molecule has 144 valence electrons. The maximum atomic E-state index is 12.2. The van der Waals surface area contributed by atoms with Crippen LogP contribution in [0, 0.1) is 0 Å². The van der Waals surface area contributed by atoms with Gasteiger partial charge in [0.1, 0.15) is 6.04 Å². The van der Waals surface area contributed by atoms with Crippen molar-refractivity contribution in [2.75, 3.05) is 27.7 Å². The predicted molar refractivity (Wildman–Crippen MR) is 93.2 cm³/mol. The molecule has 1 atom stereocenters. The van der Waals surface area contributed by atoms with Crippen molar-refractivity contribution in [1.82, 2.24) is 30.2 Å². The monoisotopic (exact) mass is 366 g/mol. The van der Waals surface area contributed by atoms with Crippen LogP contribution in [0.2, 0.25) is 0 Å². The molecule has 0 spiro atoms. The molecule has 1 aliphatic heterocycles. The second kappa shape index (κ2) is 8.54. The minimum Gasteiger partial charge on any atom is -0.453 e. The minimum atomic E-state index is -0.712. The standard InChI is InChI=1S/C16H26N6O4/c1-11(18-15(24)26-4)14(23)17-9-12-8-13-10-21(16(25)20(2)3)6-5-7-22(13)19-12/h8,11H,5-7,9-10H2,1-4H3,(H,17,23)(H,18,24)/t11-/m1/s1. The summed E-state index contributed by atoms with van der Waals surface area (Å²) in [6.45, 7) is 3.70. The van der Waals surface area contributed by atoms with E-state index in [2.05, 4.69) is 20.5 Å². The van der Waals surface area contributed by atoms with Crippen LogP contribution < -0.4 is 10.6 Å². The van der Waals surface area contributed by atoms with Crippen LogP contribution in [-0.4, -0.2) is 71.4 Å². The number of aromatic nitrogens is 2. The summed E-state index contributed by atoms with van der Waals surface area (Å²) in [7, 11) is 4.70. The van der Waals surface area contributed by atoms with Crippen molar-refractivity contribution in [2.45, 2.75) is 39.0 Å². The Labute approximate surface area is 152 Å². The molecule has 0 radical (unpaired) electrons. The van der Waals surface area contributed by atoms with Crippen LogP contribution in [0.3, 0.4) is 0 Å². The first kappa shape index (κ1) is 19.5. The lowest BCUT2D eigenvalue weighted by molar-refractivity contribution is -0.122. The maximum Gasteiger partial charge on any atom is 0.407 e. The molecule has 0 fully saturated rings. The average Bonchev–Trinajstić information content (AvgIpc) is 2.88. The van der Waals surface area contributed by atoms with Crippen molar-refractivity contribution < 1.29 is 19.1 Å². The fraction of sp³-hybridized carbons (Fsp3) is 0.625. The summed E-state index contributed by atoms with van der Waals surface area (Å²) in [5, 5.41) is 9.63. The van der Waals surface area contributed by atoms with Gasteiger partial charge in [-0.15, -0.1) is 0 Å². The van der Waals surface area contributed by atoms with Crippen molar-refractivity contribution >= 4 is 18.0 Å². The number of rotatable bonds is 4. The number of amides is 4. The lowest BCUT2D eigenvalue weighted by atomic mass is 10.3. The quantitative estimate of drug-likeness (QED) is 0.787. The highest BCUT2D eigenvalue weighted by Crippen LogP contribution is 2.15. The first-order valence-electron chi connectivity index (χ1n) is 8.45. The van der Waals surface area contributed by atoms with Gasteiger partial charge in [0.05, 0.1) is 31.6 Å². The van der Waals surface area contributed by atoms with E-state index in [1.807, 2.05) is 10.7 Å². The zero-order valence-electron chi connectivity index (χ0n) is 15.6. The van der Waals surface area contributed by atoms with Gasteiger partial charge in [-0.05, 0) is 19.4 Å². The highest BCUT2D eigenvalue weighted by molar-refractivity contribution is 5.85. The van der Waals surface area contributed by atoms with Crippen LogP contribution in [0.15, 0.2) is 6.07 Å². The number of methoxy groups -OCH3 is 1. The van der Waals surface area contributed by atoms with Gasteiger partial charge in [-0.25, -0.2) is 9.59 Å². The molecule has 0 saturated heterocycles. The van der Waals surface area contributed by atoms with Gasteiger partial charge in [-0.1, -0.05) is 0 Å². The summed E-state index contributed by atoms with van der Waals surface area (Å²) in [6, 6.07) is 1.15. The Morgan fingerprint density at radius 3 is 2.73 bits per heavy atom. The maximum absolute atomic E-state index is 12.2. The third-order valence-corrected chi connectivity index (χ3v) is 4.07. The van der Waals surface area contributed by atoms with E-state index in [0.717, 1.165) is 18.7 Å². The van der Waals surface area contributed by atoms with Gasteiger partial charge in [0, 0.05) is 27.2 Å². The summed E-state index contributed by atoms with van der Waals surface area (Å²) in [5.41, 5.74) is 1.64. The zero-order valence-corrected chi connectivity index (χ0v) is 15.6. The largest absolute Gasteiger partial charge is 0.453 e. The number of carbonyl (C=O) groups excluding carboxylic acids is 3. The molecular weight excluding hydrogens is 340 g/mol. The van der Waals surface area contributed by atoms with Crippen LogP contribution in [0.4, 0.5) is 9.59 Å². The van der Waals surface area contributed by atoms with Gasteiger partial charge in [-0.2, -0.15) is 5.10 Å².